The molecular formula is C23H19F7N6O4S. The van der Waals surface area contributed by atoms with Gasteiger partial charge in [-0.2, -0.15) is 31.6 Å². The minimum absolute atomic E-state index is 0.0224. The third-order valence-corrected chi connectivity index (χ3v) is 8.54. The maximum Gasteiger partial charge on any atom is 0.490 e. The van der Waals surface area contributed by atoms with E-state index in [1.54, 1.807) is 0 Å². The molecule has 10 nitrogen and oxygen atoms in total. The second-order valence-corrected chi connectivity index (χ2v) is 11.5. The van der Waals surface area contributed by atoms with Crippen LogP contribution in [0.1, 0.15) is 36.9 Å². The number of anilines is 1. The highest BCUT2D eigenvalue weighted by Gasteiger charge is 2.62. The fourth-order valence-corrected chi connectivity index (χ4v) is 6.57. The Balaban J connectivity index is 0.000000493. The zero-order valence-electron chi connectivity index (χ0n) is 20.7. The van der Waals surface area contributed by atoms with Gasteiger partial charge in [-0.05, 0) is 50.3 Å². The molecule has 41 heavy (non-hydrogen) atoms. The van der Waals surface area contributed by atoms with Gasteiger partial charge < -0.3 is 10.8 Å². The fraction of sp³-hybridized carbons (Fsp3) is 0.391. The molecule has 0 saturated heterocycles. The molecule has 3 aliphatic carbocycles. The molecule has 3 aromatic rings. The van der Waals surface area contributed by atoms with E-state index in [0.29, 0.717) is 31.9 Å². The van der Waals surface area contributed by atoms with E-state index in [9.17, 15) is 44.4 Å². The number of halogens is 7. The highest BCUT2D eigenvalue weighted by Crippen LogP contribution is 2.61. The van der Waals surface area contributed by atoms with Crippen molar-refractivity contribution in [3.8, 4) is 17.3 Å². The van der Waals surface area contributed by atoms with Crippen LogP contribution in [0.15, 0.2) is 29.4 Å². The Bertz CT molecular complexity index is 1700. The first-order valence-electron chi connectivity index (χ1n) is 11.5. The third-order valence-electron chi connectivity index (χ3n) is 6.98. The maximum absolute atomic E-state index is 14.9. The average molecular weight is 608 g/mol. The van der Waals surface area contributed by atoms with Crippen molar-refractivity contribution < 1.29 is 49.1 Å². The lowest BCUT2D eigenvalue weighted by Gasteiger charge is -2.43. The van der Waals surface area contributed by atoms with Crippen LogP contribution in [0.2, 0.25) is 0 Å². The molecule has 18 heteroatoms. The Labute approximate surface area is 226 Å². The average Bonchev–Trinajstić information content (AvgIpc) is 3.51. The van der Waals surface area contributed by atoms with E-state index >= 15 is 0 Å². The molecule has 220 valence electrons. The normalized spacial score (nSPS) is 22.0. The number of nitriles is 1. The number of carboxylic acids is 1. The lowest BCUT2D eigenvalue weighted by Crippen LogP contribution is -2.55. The molecule has 1 aromatic carbocycles. The Hall–Kier alpha value is -3.98. The van der Waals surface area contributed by atoms with Crippen LogP contribution in [-0.2, 0) is 21.0 Å². The van der Waals surface area contributed by atoms with Crippen LogP contribution in [0.25, 0.3) is 16.9 Å². The van der Waals surface area contributed by atoms with E-state index < -0.39 is 56.6 Å². The second kappa shape index (κ2) is 9.55. The first-order valence-corrected chi connectivity index (χ1v) is 13.0. The summed E-state index contributed by atoms with van der Waals surface area (Å²) < 4.78 is 116. The van der Waals surface area contributed by atoms with E-state index in [4.69, 9.17) is 15.6 Å². The van der Waals surface area contributed by atoms with Crippen molar-refractivity contribution in [3.63, 3.8) is 0 Å². The van der Waals surface area contributed by atoms with Gasteiger partial charge in [0.25, 0.3) is 0 Å². The lowest BCUT2D eigenvalue weighted by atomic mass is 9.66. The van der Waals surface area contributed by atoms with E-state index in [1.807, 2.05) is 0 Å². The van der Waals surface area contributed by atoms with Gasteiger partial charge in [0.1, 0.15) is 5.82 Å². The quantitative estimate of drug-likeness (QED) is 0.371. The van der Waals surface area contributed by atoms with Crippen LogP contribution in [0, 0.1) is 29.5 Å². The summed E-state index contributed by atoms with van der Waals surface area (Å²) in [5.41, 5.74) is 3.11. The van der Waals surface area contributed by atoms with Crippen LogP contribution in [-0.4, -0.2) is 45.6 Å². The number of rotatable bonds is 4. The van der Waals surface area contributed by atoms with Crippen molar-refractivity contribution >= 4 is 27.5 Å². The molecule has 3 saturated carbocycles. The fourth-order valence-electron chi connectivity index (χ4n) is 5.10. The minimum Gasteiger partial charge on any atom is -0.475 e. The maximum atomic E-state index is 14.9. The zero-order valence-corrected chi connectivity index (χ0v) is 21.5. The summed E-state index contributed by atoms with van der Waals surface area (Å²) in [6.45, 7) is 1.38. The van der Waals surface area contributed by atoms with Crippen LogP contribution in [0.5, 0.6) is 0 Å². The topological polar surface area (TPSA) is 163 Å². The number of nitrogens with one attached hydrogen (secondary N) is 1. The Morgan fingerprint density at radius 3 is 2.32 bits per heavy atom. The summed E-state index contributed by atoms with van der Waals surface area (Å²) in [5.74, 6) is -4.08. The van der Waals surface area contributed by atoms with Gasteiger partial charge in [-0.15, -0.1) is 0 Å². The summed E-state index contributed by atoms with van der Waals surface area (Å²) >= 11 is 0. The molecule has 0 atom stereocenters. The number of aliphatic carboxylic acids is 1. The number of imidazole rings is 1. The third kappa shape index (κ3) is 5.51. The monoisotopic (exact) mass is 608 g/mol. The van der Waals surface area contributed by atoms with Crippen molar-refractivity contribution in [2.75, 3.05) is 5.73 Å². The van der Waals surface area contributed by atoms with Crippen molar-refractivity contribution in [2.24, 2.45) is 5.41 Å². The van der Waals surface area contributed by atoms with Crippen LogP contribution < -0.4 is 10.5 Å². The number of carbonyl (C=O) groups is 1. The number of nitrogens with zero attached hydrogens (tertiary/aromatic N) is 4. The predicted molar refractivity (Wildman–Crippen MR) is 126 cm³/mol. The summed E-state index contributed by atoms with van der Waals surface area (Å²) in [7, 11) is -4.19. The molecule has 0 spiro atoms. The van der Waals surface area contributed by atoms with Crippen LogP contribution >= 0.6 is 0 Å². The standard InChI is InChI=1S/C21H18F4N6O2S.C2HF3O2/c1-11-13(15-6-28-18-17(27)29-16(7-31(15)18)21(23,24)25)4-12(5-14(11)22)34(32,33)30-20-3-2-19(8-20,9-20)10-26;3-2(4,5)1(6)7/h4-7,30H,2-3,8-9H2,1H3,(H2,27,29);(H,6,7). The van der Waals surface area contributed by atoms with Gasteiger partial charge in [-0.1, -0.05) is 0 Å². The molecular weight excluding hydrogens is 589 g/mol. The molecule has 2 heterocycles. The number of carboxylic acid groups (broad SMARTS) is 1. The van der Waals surface area contributed by atoms with E-state index in [-0.39, 0.29) is 27.4 Å². The molecule has 0 amide bonds. The molecule has 2 aromatic heterocycles. The van der Waals surface area contributed by atoms with Crippen molar-refractivity contribution in [1.82, 2.24) is 19.1 Å². The van der Waals surface area contributed by atoms with Crippen LogP contribution in [0.3, 0.4) is 0 Å². The van der Waals surface area contributed by atoms with Gasteiger partial charge >= 0.3 is 18.3 Å². The molecule has 0 radical (unpaired) electrons. The van der Waals surface area contributed by atoms with Gasteiger partial charge in [0.15, 0.2) is 17.2 Å². The van der Waals surface area contributed by atoms with Crippen molar-refractivity contribution in [3.05, 3.63) is 41.6 Å². The number of sulfonamides is 1. The summed E-state index contributed by atoms with van der Waals surface area (Å²) in [6.07, 6.45) is -6.16. The molecule has 2 bridgehead atoms. The predicted octanol–water partition coefficient (Wildman–Crippen LogP) is 4.19. The number of alkyl halides is 6. The highest BCUT2D eigenvalue weighted by molar-refractivity contribution is 7.89. The molecule has 4 N–H and O–H groups in total. The highest BCUT2D eigenvalue weighted by atomic mass is 32.2. The Morgan fingerprint density at radius 2 is 1.80 bits per heavy atom. The summed E-state index contributed by atoms with van der Waals surface area (Å²) in [6, 6.07) is 4.29. The molecule has 3 fully saturated rings. The molecule has 6 rings (SSSR count). The number of nitrogen functional groups attached to an aromatic ring is 1. The Morgan fingerprint density at radius 1 is 1.20 bits per heavy atom. The number of aromatic nitrogens is 3. The Kier molecular flexibility index (Phi) is 6.98. The summed E-state index contributed by atoms with van der Waals surface area (Å²) in [5, 5.41) is 16.4. The zero-order chi connectivity index (χ0) is 30.8. The molecule has 0 unspecified atom stereocenters. The lowest BCUT2D eigenvalue weighted by molar-refractivity contribution is -0.192. The van der Waals surface area contributed by atoms with Crippen molar-refractivity contribution in [1.29, 1.82) is 5.26 Å². The van der Waals surface area contributed by atoms with E-state index in [1.165, 1.54) is 19.2 Å². The summed E-state index contributed by atoms with van der Waals surface area (Å²) in [4.78, 5) is 15.8. The number of benzene rings is 1. The minimum atomic E-state index is -5.08. The number of hydrogen-bond acceptors (Lipinski definition) is 7. The number of fused-ring (bicyclic) bond motifs is 2. The first kappa shape index (κ1) is 30.0. The van der Waals surface area contributed by atoms with E-state index in [2.05, 4.69) is 20.8 Å². The smallest absolute Gasteiger partial charge is 0.475 e. The molecule has 3 aliphatic rings. The van der Waals surface area contributed by atoms with Crippen molar-refractivity contribution in [2.45, 2.75) is 55.4 Å². The largest absolute Gasteiger partial charge is 0.490 e. The SMILES string of the molecule is Cc1c(F)cc(S(=O)(=O)NC23CCC(C#N)(C2)C3)cc1-c1cnc2c(N)nc(C(F)(F)F)cn12.O=C(O)C(F)(F)F. The van der Waals surface area contributed by atoms with Gasteiger partial charge in [-0.25, -0.2) is 32.3 Å². The first-order chi connectivity index (χ1) is 18.7. The van der Waals surface area contributed by atoms with Gasteiger partial charge in [0.05, 0.1) is 28.3 Å². The number of nitrogens with two attached hydrogens (primary N) is 1. The number of hydrogen-bond donors (Lipinski definition) is 3. The van der Waals surface area contributed by atoms with Gasteiger partial charge in [0, 0.05) is 17.3 Å². The molecule has 0 aliphatic heterocycles. The van der Waals surface area contributed by atoms with Crippen LogP contribution in [0.4, 0.5) is 36.6 Å². The van der Waals surface area contributed by atoms with E-state index in [0.717, 1.165) is 10.5 Å². The van der Waals surface area contributed by atoms with Gasteiger partial charge in [-0.3, -0.25) is 4.40 Å². The van der Waals surface area contributed by atoms with Gasteiger partial charge in [0.2, 0.25) is 10.0 Å². The second-order valence-electron chi connectivity index (χ2n) is 9.86.